The number of hydrogen-bond acceptors (Lipinski definition) is 3. The highest BCUT2D eigenvalue weighted by Gasteiger charge is 2.50. The second-order valence-electron chi connectivity index (χ2n) is 7.49. The quantitative estimate of drug-likeness (QED) is 0.770. The van der Waals surface area contributed by atoms with Gasteiger partial charge in [0.25, 0.3) is 5.91 Å². The van der Waals surface area contributed by atoms with Crippen molar-refractivity contribution in [2.45, 2.75) is 44.9 Å². The minimum Gasteiger partial charge on any atom is -0.481 e. The van der Waals surface area contributed by atoms with Gasteiger partial charge in [0.15, 0.2) is 5.69 Å². The lowest BCUT2D eigenvalue weighted by molar-refractivity contribution is -0.143. The molecule has 2 aliphatic carbocycles. The summed E-state index contributed by atoms with van der Waals surface area (Å²) in [5.41, 5.74) is 2.56. The highest BCUT2D eigenvalue weighted by molar-refractivity contribution is 6.30. The molecule has 0 unspecified atom stereocenters. The fourth-order valence-corrected chi connectivity index (χ4v) is 3.83. The number of aromatic nitrogens is 2. The van der Waals surface area contributed by atoms with Crippen LogP contribution in [-0.2, 0) is 17.6 Å². The SMILES string of the molecule is O=C(NCC1(C(=O)O)CC1)c1nn(-c2ccc(Cl)cc2)c2c1CCCCC2. The van der Waals surface area contributed by atoms with Gasteiger partial charge in [-0.3, -0.25) is 9.59 Å². The van der Waals surface area contributed by atoms with Gasteiger partial charge in [-0.05, 0) is 62.8 Å². The molecule has 0 saturated heterocycles. The van der Waals surface area contributed by atoms with Crippen molar-refractivity contribution in [1.82, 2.24) is 15.1 Å². The maximum atomic E-state index is 12.8. The van der Waals surface area contributed by atoms with Crippen molar-refractivity contribution in [2.24, 2.45) is 5.41 Å². The molecule has 1 saturated carbocycles. The van der Waals surface area contributed by atoms with Crippen LogP contribution < -0.4 is 5.32 Å². The molecule has 2 N–H and O–H groups in total. The Morgan fingerprint density at radius 2 is 1.85 bits per heavy atom. The molecule has 7 heteroatoms. The van der Waals surface area contributed by atoms with Crippen LogP contribution >= 0.6 is 11.6 Å². The standard InChI is InChI=1S/C20H22ClN3O3/c21-13-6-8-14(9-7-13)24-16-5-3-1-2-4-15(16)17(23-24)18(25)22-12-20(10-11-20)19(26)27/h6-9H,1-5,10-12H2,(H,22,25)(H,26,27). The van der Waals surface area contributed by atoms with Gasteiger partial charge in [0.2, 0.25) is 0 Å². The molecule has 1 aromatic heterocycles. The summed E-state index contributed by atoms with van der Waals surface area (Å²) in [6.07, 6.45) is 6.12. The number of rotatable bonds is 5. The van der Waals surface area contributed by atoms with E-state index in [0.29, 0.717) is 23.6 Å². The molecular weight excluding hydrogens is 366 g/mol. The molecule has 2 aromatic rings. The first-order valence-corrected chi connectivity index (χ1v) is 9.76. The summed E-state index contributed by atoms with van der Waals surface area (Å²) >= 11 is 6.00. The third-order valence-corrected chi connectivity index (χ3v) is 5.86. The van der Waals surface area contributed by atoms with Gasteiger partial charge in [-0.15, -0.1) is 0 Å². The Morgan fingerprint density at radius 3 is 2.52 bits per heavy atom. The van der Waals surface area contributed by atoms with Crippen LogP contribution in [0.5, 0.6) is 0 Å². The Hall–Kier alpha value is -2.34. The van der Waals surface area contributed by atoms with Crippen LogP contribution in [-0.4, -0.2) is 33.3 Å². The summed E-state index contributed by atoms with van der Waals surface area (Å²) in [5.74, 6) is -1.12. The van der Waals surface area contributed by atoms with Gasteiger partial charge in [0, 0.05) is 22.8 Å². The molecule has 6 nitrogen and oxygen atoms in total. The van der Waals surface area contributed by atoms with E-state index in [2.05, 4.69) is 10.4 Å². The lowest BCUT2D eigenvalue weighted by Crippen LogP contribution is -2.34. The fourth-order valence-electron chi connectivity index (χ4n) is 3.70. The smallest absolute Gasteiger partial charge is 0.311 e. The monoisotopic (exact) mass is 387 g/mol. The molecule has 1 aromatic carbocycles. The Labute approximate surface area is 162 Å². The lowest BCUT2D eigenvalue weighted by Gasteiger charge is -2.10. The van der Waals surface area contributed by atoms with Crippen LogP contribution in [0.1, 0.15) is 53.8 Å². The lowest BCUT2D eigenvalue weighted by atomic mass is 10.1. The van der Waals surface area contributed by atoms with E-state index >= 15 is 0 Å². The zero-order valence-corrected chi connectivity index (χ0v) is 15.8. The number of aliphatic carboxylic acids is 1. The van der Waals surface area contributed by atoms with Gasteiger partial charge in [-0.1, -0.05) is 18.0 Å². The largest absolute Gasteiger partial charge is 0.481 e. The Bertz CT molecular complexity index is 885. The van der Waals surface area contributed by atoms with Crippen molar-refractivity contribution in [1.29, 1.82) is 0 Å². The van der Waals surface area contributed by atoms with Crippen LogP contribution in [0, 0.1) is 5.41 Å². The molecule has 1 heterocycles. The Morgan fingerprint density at radius 1 is 1.15 bits per heavy atom. The van der Waals surface area contributed by atoms with Crippen LogP contribution in [0.25, 0.3) is 5.69 Å². The van der Waals surface area contributed by atoms with E-state index in [0.717, 1.165) is 49.0 Å². The summed E-state index contributed by atoms with van der Waals surface area (Å²) in [4.78, 5) is 24.2. The van der Waals surface area contributed by atoms with Gasteiger partial charge >= 0.3 is 5.97 Å². The van der Waals surface area contributed by atoms with Crippen molar-refractivity contribution in [3.05, 3.63) is 46.2 Å². The van der Waals surface area contributed by atoms with E-state index in [4.69, 9.17) is 11.6 Å². The zero-order chi connectivity index (χ0) is 19.0. The van der Waals surface area contributed by atoms with Crippen molar-refractivity contribution < 1.29 is 14.7 Å². The molecule has 27 heavy (non-hydrogen) atoms. The van der Waals surface area contributed by atoms with Crippen molar-refractivity contribution in [2.75, 3.05) is 6.54 Å². The minimum absolute atomic E-state index is 0.156. The molecule has 0 bridgehead atoms. The van der Waals surface area contributed by atoms with E-state index in [9.17, 15) is 14.7 Å². The summed E-state index contributed by atoms with van der Waals surface area (Å²) in [6.45, 7) is 0.156. The van der Waals surface area contributed by atoms with Gasteiger partial charge in [-0.25, -0.2) is 4.68 Å². The molecule has 2 aliphatic rings. The maximum Gasteiger partial charge on any atom is 0.311 e. The van der Waals surface area contributed by atoms with Crippen LogP contribution in [0.4, 0.5) is 0 Å². The highest BCUT2D eigenvalue weighted by atomic mass is 35.5. The number of benzene rings is 1. The second-order valence-corrected chi connectivity index (χ2v) is 7.93. The van der Waals surface area contributed by atoms with Crippen LogP contribution in [0.15, 0.2) is 24.3 Å². The molecule has 1 fully saturated rings. The summed E-state index contributed by atoms with van der Waals surface area (Å²) in [7, 11) is 0. The molecule has 1 amide bonds. The number of carbonyl (C=O) groups is 2. The normalized spacial score (nSPS) is 17.7. The summed E-state index contributed by atoms with van der Waals surface area (Å²) in [6, 6.07) is 7.41. The number of nitrogens with zero attached hydrogens (tertiary/aromatic N) is 2. The molecule has 4 rings (SSSR count). The number of carboxylic acids is 1. The minimum atomic E-state index is -0.840. The average Bonchev–Trinajstić information content (AvgIpc) is 3.42. The van der Waals surface area contributed by atoms with E-state index in [1.807, 2.05) is 28.9 Å². The molecule has 0 spiro atoms. The number of halogens is 1. The third kappa shape index (κ3) is 3.46. The zero-order valence-electron chi connectivity index (χ0n) is 15.0. The molecule has 142 valence electrons. The average molecular weight is 388 g/mol. The van der Waals surface area contributed by atoms with Gasteiger partial charge in [-0.2, -0.15) is 5.10 Å². The first kappa shape index (κ1) is 18.0. The van der Waals surface area contributed by atoms with E-state index in [1.165, 1.54) is 0 Å². The summed E-state index contributed by atoms with van der Waals surface area (Å²) in [5, 5.41) is 17.4. The second kappa shape index (κ2) is 7.00. The first-order chi connectivity index (χ1) is 13.0. The number of amides is 1. The summed E-state index contributed by atoms with van der Waals surface area (Å²) < 4.78 is 1.84. The van der Waals surface area contributed by atoms with Crippen molar-refractivity contribution >= 4 is 23.5 Å². The topological polar surface area (TPSA) is 84.2 Å². The van der Waals surface area contributed by atoms with E-state index < -0.39 is 11.4 Å². The number of hydrogen-bond donors (Lipinski definition) is 2. The molecule has 0 aliphatic heterocycles. The van der Waals surface area contributed by atoms with Gasteiger partial charge in [0.05, 0.1) is 11.1 Å². The highest BCUT2D eigenvalue weighted by Crippen LogP contribution is 2.45. The van der Waals surface area contributed by atoms with Crippen LogP contribution in [0.3, 0.4) is 0 Å². The van der Waals surface area contributed by atoms with Crippen molar-refractivity contribution in [3.8, 4) is 5.69 Å². The molecule has 0 atom stereocenters. The van der Waals surface area contributed by atoms with Gasteiger partial charge in [0.1, 0.15) is 0 Å². The number of carboxylic acid groups (broad SMARTS) is 1. The Kier molecular flexibility index (Phi) is 4.68. The third-order valence-electron chi connectivity index (χ3n) is 5.61. The maximum absolute atomic E-state index is 12.8. The van der Waals surface area contributed by atoms with Crippen LogP contribution in [0.2, 0.25) is 5.02 Å². The van der Waals surface area contributed by atoms with Gasteiger partial charge < -0.3 is 10.4 Å². The number of nitrogens with one attached hydrogen (secondary N) is 1. The predicted molar refractivity (Wildman–Crippen MR) is 101 cm³/mol. The predicted octanol–water partition coefficient (Wildman–Crippen LogP) is 3.39. The first-order valence-electron chi connectivity index (χ1n) is 9.38. The molecular formula is C20H22ClN3O3. The Balaban J connectivity index is 1.65. The van der Waals surface area contributed by atoms with E-state index in [1.54, 1.807) is 0 Å². The van der Waals surface area contributed by atoms with E-state index in [-0.39, 0.29) is 12.5 Å². The number of carbonyl (C=O) groups excluding carboxylic acids is 1. The fraction of sp³-hybridized carbons (Fsp3) is 0.450. The van der Waals surface area contributed by atoms with Crippen molar-refractivity contribution in [3.63, 3.8) is 0 Å². The number of fused-ring (bicyclic) bond motifs is 1. The molecule has 0 radical (unpaired) electrons.